The van der Waals surface area contributed by atoms with Gasteiger partial charge >= 0.3 is 0 Å². The first-order valence-corrected chi connectivity index (χ1v) is 8.75. The van der Waals surface area contributed by atoms with Crippen molar-refractivity contribution in [3.05, 3.63) is 22.4 Å². The van der Waals surface area contributed by atoms with E-state index in [9.17, 15) is 4.79 Å². The van der Waals surface area contributed by atoms with Gasteiger partial charge in [0.15, 0.2) is 0 Å². The van der Waals surface area contributed by atoms with Crippen LogP contribution in [0.4, 0.5) is 0 Å². The lowest BCUT2D eigenvalue weighted by Gasteiger charge is -2.23. The van der Waals surface area contributed by atoms with E-state index in [0.29, 0.717) is 19.1 Å². The summed E-state index contributed by atoms with van der Waals surface area (Å²) in [5, 5.41) is 7.64. The molecule has 0 bridgehead atoms. The number of nitrogens with one attached hydrogen (secondary N) is 1. The third-order valence-electron chi connectivity index (χ3n) is 3.84. The van der Waals surface area contributed by atoms with Gasteiger partial charge in [-0.15, -0.1) is 0 Å². The number of ether oxygens (including phenoxy) is 1. The van der Waals surface area contributed by atoms with Gasteiger partial charge in [-0.25, -0.2) is 0 Å². The Morgan fingerprint density at radius 1 is 1.43 bits per heavy atom. The van der Waals surface area contributed by atoms with Gasteiger partial charge in [-0.05, 0) is 34.7 Å². The molecule has 0 radical (unpaired) electrons. The zero-order valence-corrected chi connectivity index (χ0v) is 14.0. The molecule has 2 unspecified atom stereocenters. The standard InChI is InChI=1S/C16H26N2O2S/c1-4-5-8-20-9-7-18-15(13-6-10-21-11-13)17-14(12(2)3)16(18)19/h6,10-12,14-15,17H,4-5,7-9H2,1-3H3. The van der Waals surface area contributed by atoms with Gasteiger partial charge in [-0.3, -0.25) is 10.1 Å². The van der Waals surface area contributed by atoms with Crippen molar-refractivity contribution in [3.8, 4) is 0 Å². The van der Waals surface area contributed by atoms with E-state index in [-0.39, 0.29) is 18.1 Å². The first kappa shape index (κ1) is 16.5. The van der Waals surface area contributed by atoms with Gasteiger partial charge in [0.1, 0.15) is 6.17 Å². The smallest absolute Gasteiger partial charge is 0.241 e. The largest absolute Gasteiger partial charge is 0.380 e. The molecule has 21 heavy (non-hydrogen) atoms. The molecule has 0 aliphatic carbocycles. The number of thiophene rings is 1. The molecule has 4 nitrogen and oxygen atoms in total. The first-order chi connectivity index (χ1) is 10.1. The van der Waals surface area contributed by atoms with Crippen LogP contribution in [0.5, 0.6) is 0 Å². The van der Waals surface area contributed by atoms with Crippen LogP contribution >= 0.6 is 11.3 Å². The van der Waals surface area contributed by atoms with Gasteiger partial charge in [-0.2, -0.15) is 11.3 Å². The summed E-state index contributed by atoms with van der Waals surface area (Å²) in [6.45, 7) is 8.36. The molecule has 0 spiro atoms. The van der Waals surface area contributed by atoms with Crippen molar-refractivity contribution in [3.63, 3.8) is 0 Å². The normalized spacial score (nSPS) is 22.5. The summed E-state index contributed by atoms with van der Waals surface area (Å²) < 4.78 is 5.63. The topological polar surface area (TPSA) is 41.6 Å². The second-order valence-electron chi connectivity index (χ2n) is 5.85. The highest BCUT2D eigenvalue weighted by molar-refractivity contribution is 7.07. The van der Waals surface area contributed by atoms with E-state index in [2.05, 4.69) is 42.9 Å². The number of unbranched alkanes of at least 4 members (excludes halogenated alkanes) is 1. The van der Waals surface area contributed by atoms with Gasteiger partial charge in [0, 0.05) is 13.2 Å². The summed E-state index contributed by atoms with van der Waals surface area (Å²) >= 11 is 1.67. The molecule has 1 saturated heterocycles. The molecule has 2 atom stereocenters. The van der Waals surface area contributed by atoms with Crippen LogP contribution in [0.3, 0.4) is 0 Å². The highest BCUT2D eigenvalue weighted by atomic mass is 32.1. The second kappa shape index (κ2) is 7.92. The van der Waals surface area contributed by atoms with Crippen LogP contribution in [0.25, 0.3) is 0 Å². The number of carbonyl (C=O) groups is 1. The summed E-state index contributed by atoms with van der Waals surface area (Å²) in [6.07, 6.45) is 2.21. The van der Waals surface area contributed by atoms with Crippen LogP contribution in [0.1, 0.15) is 45.3 Å². The van der Waals surface area contributed by atoms with Gasteiger partial charge in [-0.1, -0.05) is 27.2 Å². The first-order valence-electron chi connectivity index (χ1n) is 7.81. The third-order valence-corrected chi connectivity index (χ3v) is 4.54. The van der Waals surface area contributed by atoms with Crippen molar-refractivity contribution in [2.45, 2.75) is 45.8 Å². The van der Waals surface area contributed by atoms with E-state index < -0.39 is 0 Å². The number of amides is 1. The summed E-state index contributed by atoms with van der Waals surface area (Å²) in [6, 6.07) is 1.99. The monoisotopic (exact) mass is 310 g/mol. The van der Waals surface area contributed by atoms with Crippen molar-refractivity contribution in [2.24, 2.45) is 5.92 Å². The quantitative estimate of drug-likeness (QED) is 0.751. The minimum Gasteiger partial charge on any atom is -0.380 e. The Balaban J connectivity index is 1.98. The zero-order chi connectivity index (χ0) is 15.2. The van der Waals surface area contributed by atoms with E-state index in [1.807, 2.05) is 4.90 Å². The van der Waals surface area contributed by atoms with E-state index >= 15 is 0 Å². The maximum absolute atomic E-state index is 12.6. The van der Waals surface area contributed by atoms with Gasteiger partial charge < -0.3 is 9.64 Å². The molecule has 0 aromatic carbocycles. The molecule has 1 aromatic heterocycles. The zero-order valence-electron chi connectivity index (χ0n) is 13.2. The van der Waals surface area contributed by atoms with Crippen molar-refractivity contribution in [1.82, 2.24) is 10.2 Å². The van der Waals surface area contributed by atoms with Gasteiger partial charge in [0.05, 0.1) is 12.6 Å². The number of carbonyl (C=O) groups excluding carboxylic acids is 1. The van der Waals surface area contributed by atoms with E-state index in [1.165, 1.54) is 5.56 Å². The third kappa shape index (κ3) is 4.05. The predicted octanol–water partition coefficient (Wildman–Crippen LogP) is 3.02. The Morgan fingerprint density at radius 2 is 2.24 bits per heavy atom. The SMILES string of the molecule is CCCCOCCN1C(=O)C(C(C)C)NC1c1ccsc1. The second-order valence-corrected chi connectivity index (χ2v) is 6.63. The average molecular weight is 310 g/mol. The van der Waals surface area contributed by atoms with Crippen molar-refractivity contribution < 1.29 is 9.53 Å². The Bertz CT molecular complexity index is 433. The van der Waals surface area contributed by atoms with Crippen molar-refractivity contribution in [2.75, 3.05) is 19.8 Å². The maximum atomic E-state index is 12.6. The molecule has 1 aromatic rings. The van der Waals surface area contributed by atoms with Crippen LogP contribution in [0.15, 0.2) is 16.8 Å². The molecule has 1 amide bonds. The average Bonchev–Trinajstić information content (AvgIpc) is 3.07. The molecule has 1 aliphatic heterocycles. The summed E-state index contributed by atoms with van der Waals surface area (Å²) in [4.78, 5) is 14.5. The molecular formula is C16H26N2O2S. The molecule has 2 rings (SSSR count). The molecule has 2 heterocycles. The van der Waals surface area contributed by atoms with Gasteiger partial charge in [0.25, 0.3) is 0 Å². The Hall–Kier alpha value is -0.910. The summed E-state index contributed by atoms with van der Waals surface area (Å²) in [5.74, 6) is 0.491. The van der Waals surface area contributed by atoms with E-state index in [0.717, 1.165) is 19.4 Å². The van der Waals surface area contributed by atoms with Crippen LogP contribution < -0.4 is 5.32 Å². The number of hydrogen-bond donors (Lipinski definition) is 1. The van der Waals surface area contributed by atoms with Crippen LogP contribution in [-0.4, -0.2) is 36.6 Å². The van der Waals surface area contributed by atoms with Crippen LogP contribution in [-0.2, 0) is 9.53 Å². The predicted molar refractivity (Wildman–Crippen MR) is 86.3 cm³/mol. The fraction of sp³-hybridized carbons (Fsp3) is 0.688. The van der Waals surface area contributed by atoms with Gasteiger partial charge in [0.2, 0.25) is 5.91 Å². The highest BCUT2D eigenvalue weighted by Crippen LogP contribution is 2.29. The Kier molecular flexibility index (Phi) is 6.21. The fourth-order valence-corrected chi connectivity index (χ4v) is 3.25. The lowest BCUT2D eigenvalue weighted by Crippen LogP contribution is -2.35. The lowest BCUT2D eigenvalue weighted by atomic mass is 10.1. The maximum Gasteiger partial charge on any atom is 0.241 e. The van der Waals surface area contributed by atoms with Crippen molar-refractivity contribution >= 4 is 17.2 Å². The molecule has 1 aliphatic rings. The minimum atomic E-state index is -0.0921. The number of rotatable bonds is 8. The molecule has 118 valence electrons. The lowest BCUT2D eigenvalue weighted by molar-refractivity contribution is -0.131. The molecule has 0 saturated carbocycles. The number of nitrogens with zero attached hydrogens (tertiary/aromatic N) is 1. The van der Waals surface area contributed by atoms with E-state index in [1.54, 1.807) is 11.3 Å². The summed E-state index contributed by atoms with van der Waals surface area (Å²) in [5.41, 5.74) is 1.17. The highest BCUT2D eigenvalue weighted by Gasteiger charge is 2.40. The summed E-state index contributed by atoms with van der Waals surface area (Å²) in [7, 11) is 0. The Morgan fingerprint density at radius 3 is 2.86 bits per heavy atom. The van der Waals surface area contributed by atoms with Crippen molar-refractivity contribution in [1.29, 1.82) is 0 Å². The van der Waals surface area contributed by atoms with E-state index in [4.69, 9.17) is 4.74 Å². The fourth-order valence-electron chi connectivity index (χ4n) is 2.57. The molecule has 5 heteroatoms. The molecular weight excluding hydrogens is 284 g/mol. The minimum absolute atomic E-state index is 0.00840. The van der Waals surface area contributed by atoms with Crippen LogP contribution in [0.2, 0.25) is 0 Å². The molecule has 1 fully saturated rings. The molecule has 1 N–H and O–H groups in total. The Labute approximate surface area is 131 Å². The van der Waals surface area contributed by atoms with Crippen LogP contribution in [0, 0.1) is 5.92 Å². The number of hydrogen-bond acceptors (Lipinski definition) is 4.